The van der Waals surface area contributed by atoms with Gasteiger partial charge in [-0.15, -0.1) is 0 Å². The number of rotatable bonds is 4. The molecule has 3 heterocycles. The van der Waals surface area contributed by atoms with Crippen molar-refractivity contribution in [1.29, 1.82) is 0 Å². The molecule has 1 aromatic carbocycles. The van der Waals surface area contributed by atoms with Crippen LogP contribution in [0.5, 0.6) is 0 Å². The summed E-state index contributed by atoms with van der Waals surface area (Å²) in [5.41, 5.74) is 7.79. The highest BCUT2D eigenvalue weighted by atomic mass is 16.2. The van der Waals surface area contributed by atoms with E-state index in [1.54, 1.807) is 25.3 Å². The number of imidazole rings is 2. The van der Waals surface area contributed by atoms with Crippen molar-refractivity contribution in [2.24, 2.45) is 5.73 Å². The van der Waals surface area contributed by atoms with Gasteiger partial charge in [0, 0.05) is 6.20 Å². The molecule has 0 aliphatic heterocycles. The third-order valence-corrected chi connectivity index (χ3v) is 4.10. The lowest BCUT2D eigenvalue weighted by Crippen LogP contribution is -2.30. The van der Waals surface area contributed by atoms with E-state index in [2.05, 4.69) is 24.9 Å². The Morgan fingerprint density at radius 3 is 2.67 bits per heavy atom. The Bertz CT molecular complexity index is 1130. The van der Waals surface area contributed by atoms with Gasteiger partial charge in [0.2, 0.25) is 5.95 Å². The summed E-state index contributed by atoms with van der Waals surface area (Å²) < 4.78 is 0. The van der Waals surface area contributed by atoms with Crippen LogP contribution < -0.4 is 10.6 Å². The predicted octanol–water partition coefficient (Wildman–Crippen LogP) is 2.07. The molecule has 0 spiro atoms. The van der Waals surface area contributed by atoms with E-state index in [0.717, 1.165) is 5.52 Å². The average Bonchev–Trinajstić information content (AvgIpc) is 3.30. The number of amides is 2. The topological polar surface area (TPSA) is 134 Å². The standard InChI is InChI=1S/C18H15N7O2/c1-10-13(7-4-8-20-10)25(17(27)15-14(16(19)26)21-9-22-15)18-23-11-5-2-3-6-12(11)24-18/h2-9H,1H3,(H2,19,26)(H,21,22)(H,23,24). The molecule has 4 N–H and O–H groups in total. The number of nitrogens with two attached hydrogens (primary N) is 1. The molecule has 27 heavy (non-hydrogen) atoms. The summed E-state index contributed by atoms with van der Waals surface area (Å²) in [6.07, 6.45) is 2.88. The van der Waals surface area contributed by atoms with Crippen LogP contribution in [0.15, 0.2) is 48.9 Å². The summed E-state index contributed by atoms with van der Waals surface area (Å²) in [5.74, 6) is -1.04. The van der Waals surface area contributed by atoms with E-state index in [-0.39, 0.29) is 11.4 Å². The van der Waals surface area contributed by atoms with Gasteiger partial charge < -0.3 is 15.7 Å². The van der Waals surface area contributed by atoms with Crippen LogP contribution in [-0.2, 0) is 0 Å². The van der Waals surface area contributed by atoms with E-state index in [0.29, 0.717) is 22.8 Å². The fraction of sp³-hybridized carbons (Fsp3) is 0.0556. The number of pyridine rings is 1. The fourth-order valence-corrected chi connectivity index (χ4v) is 2.83. The van der Waals surface area contributed by atoms with Gasteiger partial charge in [-0.05, 0) is 31.2 Å². The van der Waals surface area contributed by atoms with Crippen LogP contribution in [0.3, 0.4) is 0 Å². The third kappa shape index (κ3) is 2.80. The van der Waals surface area contributed by atoms with Crippen molar-refractivity contribution in [3.63, 3.8) is 0 Å². The zero-order chi connectivity index (χ0) is 19.0. The molecule has 9 nitrogen and oxygen atoms in total. The number of anilines is 2. The number of H-pyrrole nitrogens is 2. The predicted molar refractivity (Wildman–Crippen MR) is 98.6 cm³/mol. The first kappa shape index (κ1) is 16.5. The van der Waals surface area contributed by atoms with Gasteiger partial charge in [-0.2, -0.15) is 0 Å². The van der Waals surface area contributed by atoms with Crippen LogP contribution in [0.2, 0.25) is 0 Å². The number of aryl methyl sites for hydroxylation is 1. The van der Waals surface area contributed by atoms with Gasteiger partial charge >= 0.3 is 0 Å². The highest BCUT2D eigenvalue weighted by Crippen LogP contribution is 2.29. The quantitative estimate of drug-likeness (QED) is 0.511. The number of hydrogen-bond donors (Lipinski definition) is 3. The summed E-state index contributed by atoms with van der Waals surface area (Å²) in [4.78, 5) is 44.7. The lowest BCUT2D eigenvalue weighted by molar-refractivity contribution is 0.0961. The smallest absolute Gasteiger partial charge is 0.284 e. The molecule has 0 unspecified atom stereocenters. The van der Waals surface area contributed by atoms with Crippen LogP contribution in [0.25, 0.3) is 11.0 Å². The molecular formula is C18H15N7O2. The molecule has 0 aliphatic rings. The number of hydrogen-bond acceptors (Lipinski definition) is 5. The molecule has 0 saturated carbocycles. The number of para-hydroxylation sites is 2. The van der Waals surface area contributed by atoms with Gasteiger partial charge in [0.05, 0.1) is 28.7 Å². The van der Waals surface area contributed by atoms with Crippen molar-refractivity contribution in [2.75, 3.05) is 4.90 Å². The fourth-order valence-electron chi connectivity index (χ4n) is 2.83. The minimum Gasteiger partial charge on any atom is -0.364 e. The maximum absolute atomic E-state index is 13.3. The first-order valence-corrected chi connectivity index (χ1v) is 8.10. The second-order valence-corrected chi connectivity index (χ2v) is 5.82. The lowest BCUT2D eigenvalue weighted by Gasteiger charge is -2.21. The highest BCUT2D eigenvalue weighted by Gasteiger charge is 2.29. The van der Waals surface area contributed by atoms with Gasteiger partial charge in [0.1, 0.15) is 5.69 Å². The van der Waals surface area contributed by atoms with Crippen LogP contribution in [0.1, 0.15) is 26.7 Å². The van der Waals surface area contributed by atoms with Crippen molar-refractivity contribution >= 4 is 34.5 Å². The summed E-state index contributed by atoms with van der Waals surface area (Å²) in [5, 5.41) is 0. The Morgan fingerprint density at radius 2 is 1.93 bits per heavy atom. The van der Waals surface area contributed by atoms with Gasteiger partial charge in [0.15, 0.2) is 5.69 Å². The van der Waals surface area contributed by atoms with Crippen LogP contribution in [0.4, 0.5) is 11.6 Å². The number of fused-ring (bicyclic) bond motifs is 1. The molecule has 9 heteroatoms. The summed E-state index contributed by atoms with van der Waals surface area (Å²) >= 11 is 0. The van der Waals surface area contributed by atoms with E-state index in [1.165, 1.54) is 11.2 Å². The van der Waals surface area contributed by atoms with Crippen molar-refractivity contribution < 1.29 is 9.59 Å². The minimum atomic E-state index is -0.799. The monoisotopic (exact) mass is 361 g/mol. The molecule has 0 saturated heterocycles. The Morgan fingerprint density at radius 1 is 1.11 bits per heavy atom. The molecule has 4 aromatic rings. The summed E-state index contributed by atoms with van der Waals surface area (Å²) in [7, 11) is 0. The van der Waals surface area contributed by atoms with Gasteiger partial charge in [-0.1, -0.05) is 12.1 Å². The average molecular weight is 361 g/mol. The third-order valence-electron chi connectivity index (χ3n) is 4.10. The van der Waals surface area contributed by atoms with E-state index in [9.17, 15) is 9.59 Å². The minimum absolute atomic E-state index is 0.0220. The van der Waals surface area contributed by atoms with Crippen LogP contribution in [0, 0.1) is 6.92 Å². The van der Waals surface area contributed by atoms with Crippen molar-refractivity contribution in [3.8, 4) is 0 Å². The second-order valence-electron chi connectivity index (χ2n) is 5.82. The molecule has 0 radical (unpaired) electrons. The number of benzene rings is 1. The number of carbonyl (C=O) groups is 2. The molecule has 0 aliphatic carbocycles. The Kier molecular flexibility index (Phi) is 3.88. The van der Waals surface area contributed by atoms with Gasteiger partial charge in [-0.25, -0.2) is 14.9 Å². The maximum Gasteiger partial charge on any atom is 0.284 e. The zero-order valence-corrected chi connectivity index (χ0v) is 14.3. The highest BCUT2D eigenvalue weighted by molar-refractivity contribution is 6.14. The number of nitrogens with zero attached hydrogens (tertiary/aromatic N) is 4. The normalized spacial score (nSPS) is 10.9. The molecule has 3 aromatic heterocycles. The number of nitrogens with one attached hydrogen (secondary N) is 2. The molecule has 0 atom stereocenters. The van der Waals surface area contributed by atoms with E-state index < -0.39 is 11.8 Å². The number of aromatic nitrogens is 5. The number of aromatic amines is 2. The largest absolute Gasteiger partial charge is 0.364 e. The number of primary amides is 1. The molecular weight excluding hydrogens is 346 g/mol. The molecule has 4 rings (SSSR count). The van der Waals surface area contributed by atoms with Gasteiger partial charge in [0.25, 0.3) is 11.8 Å². The maximum atomic E-state index is 13.3. The Balaban J connectivity index is 1.91. The summed E-state index contributed by atoms with van der Waals surface area (Å²) in [6, 6.07) is 10.9. The molecule has 134 valence electrons. The van der Waals surface area contributed by atoms with Crippen LogP contribution in [-0.4, -0.2) is 36.7 Å². The van der Waals surface area contributed by atoms with Crippen molar-refractivity contribution in [1.82, 2.24) is 24.9 Å². The molecule has 0 bridgehead atoms. The SMILES string of the molecule is Cc1ncccc1N(C(=O)c1[nH]cnc1C(N)=O)c1nc2ccccc2[nH]1. The second kappa shape index (κ2) is 6.37. The zero-order valence-electron chi connectivity index (χ0n) is 14.3. The summed E-state index contributed by atoms with van der Waals surface area (Å²) in [6.45, 7) is 1.78. The molecule has 2 amide bonds. The molecule has 0 fully saturated rings. The first-order valence-electron chi connectivity index (χ1n) is 8.10. The van der Waals surface area contributed by atoms with E-state index in [1.807, 2.05) is 24.3 Å². The van der Waals surface area contributed by atoms with Gasteiger partial charge in [-0.3, -0.25) is 14.6 Å². The van der Waals surface area contributed by atoms with E-state index >= 15 is 0 Å². The van der Waals surface area contributed by atoms with E-state index in [4.69, 9.17) is 5.73 Å². The lowest BCUT2D eigenvalue weighted by atomic mass is 10.2. The Hall–Kier alpha value is -4.01. The van der Waals surface area contributed by atoms with Crippen LogP contribution >= 0.6 is 0 Å². The first-order chi connectivity index (χ1) is 13.1. The van der Waals surface area contributed by atoms with Crippen molar-refractivity contribution in [2.45, 2.75) is 6.92 Å². The Labute approximate surface area is 153 Å². The number of carbonyl (C=O) groups excluding carboxylic acids is 2. The van der Waals surface area contributed by atoms with Crippen molar-refractivity contribution in [3.05, 3.63) is 66.0 Å².